The Morgan fingerprint density at radius 3 is 2.48 bits per heavy atom. The summed E-state index contributed by atoms with van der Waals surface area (Å²) >= 11 is 4.82. The number of aromatic nitrogens is 1. The number of carbonyl (C=O) groups is 1. The maximum Gasteiger partial charge on any atom is 0.264 e. The van der Waals surface area contributed by atoms with Crippen LogP contribution in [0.2, 0.25) is 0 Å². The van der Waals surface area contributed by atoms with Crippen molar-refractivity contribution in [3.05, 3.63) is 63.4 Å². The lowest BCUT2D eigenvalue weighted by molar-refractivity contribution is -0.118. The lowest BCUT2D eigenvalue weighted by Gasteiger charge is -2.05. The highest BCUT2D eigenvalue weighted by Gasteiger charge is 2.12. The third-order valence-electron chi connectivity index (χ3n) is 3.55. The Kier molecular flexibility index (Phi) is 5.50. The van der Waals surface area contributed by atoms with E-state index in [0.717, 1.165) is 20.6 Å². The molecular weight excluding hydrogens is 400 g/mol. The molecule has 2 aromatic carbocycles. The second kappa shape index (κ2) is 7.80. The summed E-state index contributed by atoms with van der Waals surface area (Å²) in [5.74, 6) is 0.418. The molecule has 0 aliphatic rings. The summed E-state index contributed by atoms with van der Waals surface area (Å²) in [6.07, 6.45) is 0. The molecule has 0 saturated carbocycles. The van der Waals surface area contributed by atoms with E-state index in [-0.39, 0.29) is 12.5 Å². The van der Waals surface area contributed by atoms with Crippen LogP contribution in [0.1, 0.15) is 10.4 Å². The zero-order valence-corrected chi connectivity index (χ0v) is 16.3. The lowest BCUT2D eigenvalue weighted by Crippen LogP contribution is -2.20. The summed E-state index contributed by atoms with van der Waals surface area (Å²) < 4.78 is 6.44. The van der Waals surface area contributed by atoms with Crippen molar-refractivity contribution in [3.63, 3.8) is 0 Å². The number of hydrogen-bond donors (Lipinski definition) is 1. The molecule has 1 heterocycles. The maximum atomic E-state index is 12.1. The smallest absolute Gasteiger partial charge is 0.264 e. The molecule has 4 nitrogen and oxygen atoms in total. The van der Waals surface area contributed by atoms with Crippen LogP contribution in [0.5, 0.6) is 5.75 Å². The zero-order valence-electron chi connectivity index (χ0n) is 13.9. The number of halogens is 1. The van der Waals surface area contributed by atoms with Crippen molar-refractivity contribution in [2.24, 2.45) is 0 Å². The van der Waals surface area contributed by atoms with E-state index >= 15 is 0 Å². The van der Waals surface area contributed by atoms with Crippen molar-refractivity contribution in [2.75, 3.05) is 11.9 Å². The highest BCUT2D eigenvalue weighted by Crippen LogP contribution is 2.30. The van der Waals surface area contributed by atoms with Gasteiger partial charge in [0.2, 0.25) is 0 Å². The van der Waals surface area contributed by atoms with Crippen LogP contribution in [-0.4, -0.2) is 17.5 Å². The average Bonchev–Trinajstić information content (AvgIpc) is 2.95. The summed E-state index contributed by atoms with van der Waals surface area (Å²) in [4.78, 5) is 17.7. The van der Waals surface area contributed by atoms with E-state index < -0.39 is 0 Å². The molecular formula is C19H17BrN2O2S. The van der Waals surface area contributed by atoms with Gasteiger partial charge in [-0.25, -0.2) is 4.98 Å². The van der Waals surface area contributed by atoms with Gasteiger partial charge < -0.3 is 4.74 Å². The number of thiazole rings is 1. The van der Waals surface area contributed by atoms with E-state index in [1.54, 1.807) is 12.1 Å². The minimum Gasteiger partial charge on any atom is -0.484 e. The molecule has 3 aromatic rings. The standard InChI is InChI=1S/C19H17BrN2O2S/c1-12-3-5-14(6-4-12)18-13(2)25-19(22-18)21-17(23)11-24-16-9-7-15(20)8-10-16/h3-10H,11H2,1-2H3,(H,21,22,23). The number of anilines is 1. The number of rotatable bonds is 5. The van der Waals surface area contributed by atoms with Gasteiger partial charge in [-0.2, -0.15) is 0 Å². The minimum absolute atomic E-state index is 0.0554. The van der Waals surface area contributed by atoms with Crippen molar-refractivity contribution in [3.8, 4) is 17.0 Å². The van der Waals surface area contributed by atoms with Crippen LogP contribution < -0.4 is 10.1 Å². The normalized spacial score (nSPS) is 10.5. The molecule has 6 heteroatoms. The van der Waals surface area contributed by atoms with Crippen molar-refractivity contribution < 1.29 is 9.53 Å². The van der Waals surface area contributed by atoms with Crippen LogP contribution >= 0.6 is 27.3 Å². The fourth-order valence-corrected chi connectivity index (χ4v) is 3.38. The number of aryl methyl sites for hydroxylation is 2. The molecule has 3 rings (SSSR count). The topological polar surface area (TPSA) is 51.2 Å². The van der Waals surface area contributed by atoms with Gasteiger partial charge in [0.1, 0.15) is 5.75 Å². The maximum absolute atomic E-state index is 12.1. The minimum atomic E-state index is -0.230. The van der Waals surface area contributed by atoms with Gasteiger partial charge in [0.05, 0.1) is 5.69 Å². The number of nitrogens with one attached hydrogen (secondary N) is 1. The first-order chi connectivity index (χ1) is 12.0. The summed E-state index contributed by atoms with van der Waals surface area (Å²) in [5, 5.41) is 3.38. The molecule has 0 unspecified atom stereocenters. The SMILES string of the molecule is Cc1ccc(-c2nc(NC(=O)COc3ccc(Br)cc3)sc2C)cc1. The van der Waals surface area contributed by atoms with E-state index in [1.807, 2.05) is 31.2 Å². The van der Waals surface area contributed by atoms with Gasteiger partial charge in [0, 0.05) is 14.9 Å². The Bertz CT molecular complexity index is 873. The van der Waals surface area contributed by atoms with E-state index in [2.05, 4.69) is 45.3 Å². The Balaban J connectivity index is 1.62. The second-order valence-electron chi connectivity index (χ2n) is 5.58. The lowest BCUT2D eigenvalue weighted by atomic mass is 10.1. The quantitative estimate of drug-likeness (QED) is 0.620. The number of ether oxygens (including phenoxy) is 1. The van der Waals surface area contributed by atoms with E-state index in [9.17, 15) is 4.79 Å². The summed E-state index contributed by atoms with van der Waals surface area (Å²) in [5.41, 5.74) is 3.15. The fraction of sp³-hybridized carbons (Fsp3) is 0.158. The largest absolute Gasteiger partial charge is 0.484 e. The van der Waals surface area contributed by atoms with Crippen LogP contribution in [-0.2, 0) is 4.79 Å². The van der Waals surface area contributed by atoms with Gasteiger partial charge in [-0.1, -0.05) is 45.8 Å². The molecule has 0 radical (unpaired) electrons. The molecule has 0 bridgehead atoms. The van der Waals surface area contributed by atoms with Gasteiger partial charge in [-0.3, -0.25) is 10.1 Å². The first-order valence-corrected chi connectivity index (χ1v) is 9.35. The molecule has 0 fully saturated rings. The zero-order chi connectivity index (χ0) is 17.8. The summed E-state index contributed by atoms with van der Waals surface area (Å²) in [7, 11) is 0. The van der Waals surface area contributed by atoms with Crippen molar-refractivity contribution in [2.45, 2.75) is 13.8 Å². The van der Waals surface area contributed by atoms with Gasteiger partial charge in [-0.05, 0) is 38.1 Å². The highest BCUT2D eigenvalue weighted by atomic mass is 79.9. The molecule has 0 atom stereocenters. The molecule has 128 valence electrons. The van der Waals surface area contributed by atoms with Crippen molar-refractivity contribution >= 4 is 38.3 Å². The molecule has 25 heavy (non-hydrogen) atoms. The van der Waals surface area contributed by atoms with Gasteiger partial charge in [0.25, 0.3) is 5.91 Å². The number of nitrogens with zero attached hydrogens (tertiary/aromatic N) is 1. The first-order valence-electron chi connectivity index (χ1n) is 7.74. The van der Waals surface area contributed by atoms with Crippen molar-refractivity contribution in [1.82, 2.24) is 4.98 Å². The molecule has 0 aliphatic heterocycles. The van der Waals surface area contributed by atoms with E-state index in [4.69, 9.17) is 4.74 Å². The molecule has 0 aliphatic carbocycles. The Hall–Kier alpha value is -2.18. The Labute approximate surface area is 159 Å². The van der Waals surface area contributed by atoms with E-state index in [0.29, 0.717) is 10.9 Å². The van der Waals surface area contributed by atoms with Crippen LogP contribution in [0.15, 0.2) is 53.0 Å². The number of carbonyl (C=O) groups excluding carboxylic acids is 1. The van der Waals surface area contributed by atoms with Crippen LogP contribution in [0.3, 0.4) is 0 Å². The summed E-state index contributed by atoms with van der Waals surface area (Å²) in [6.45, 7) is 4.00. The van der Waals surface area contributed by atoms with Gasteiger partial charge in [-0.15, -0.1) is 11.3 Å². The van der Waals surface area contributed by atoms with Crippen LogP contribution in [0.4, 0.5) is 5.13 Å². The monoisotopic (exact) mass is 416 g/mol. The predicted octanol–water partition coefficient (Wildman–Crippen LogP) is 5.21. The van der Waals surface area contributed by atoms with Gasteiger partial charge in [0.15, 0.2) is 11.7 Å². The molecule has 1 aromatic heterocycles. The summed E-state index contributed by atoms with van der Waals surface area (Å²) in [6, 6.07) is 15.5. The number of benzene rings is 2. The fourth-order valence-electron chi connectivity index (χ4n) is 2.26. The number of hydrogen-bond acceptors (Lipinski definition) is 4. The third kappa shape index (κ3) is 4.67. The molecule has 0 spiro atoms. The van der Waals surface area contributed by atoms with Crippen molar-refractivity contribution in [1.29, 1.82) is 0 Å². The predicted molar refractivity (Wildman–Crippen MR) is 105 cm³/mol. The highest BCUT2D eigenvalue weighted by molar-refractivity contribution is 9.10. The Morgan fingerprint density at radius 2 is 1.80 bits per heavy atom. The number of amides is 1. The van der Waals surface area contributed by atoms with Crippen LogP contribution in [0.25, 0.3) is 11.3 Å². The third-order valence-corrected chi connectivity index (χ3v) is 4.97. The molecule has 0 saturated heterocycles. The first kappa shape index (κ1) is 17.6. The van der Waals surface area contributed by atoms with Gasteiger partial charge >= 0.3 is 0 Å². The Morgan fingerprint density at radius 1 is 1.12 bits per heavy atom. The molecule has 1 N–H and O–H groups in total. The van der Waals surface area contributed by atoms with Crippen LogP contribution in [0, 0.1) is 13.8 Å². The second-order valence-corrected chi connectivity index (χ2v) is 7.70. The average molecular weight is 417 g/mol. The molecule has 1 amide bonds. The van der Waals surface area contributed by atoms with E-state index in [1.165, 1.54) is 16.9 Å².